The van der Waals surface area contributed by atoms with Crippen molar-refractivity contribution in [2.45, 2.75) is 12.8 Å². The fourth-order valence-corrected chi connectivity index (χ4v) is 1.45. The highest BCUT2D eigenvalue weighted by Crippen LogP contribution is 2.07. The minimum Gasteiger partial charge on any atom is -0.441 e. The molecule has 82 valence electrons. The van der Waals surface area contributed by atoms with Gasteiger partial charge in [0.2, 0.25) is 0 Å². The Morgan fingerprint density at radius 3 is 2.62 bits per heavy atom. The molecule has 1 amide bonds. The summed E-state index contributed by atoms with van der Waals surface area (Å²) in [6.07, 6.45) is 3.08. The quantitative estimate of drug-likeness (QED) is 0.843. The summed E-state index contributed by atoms with van der Waals surface area (Å²) in [7, 11) is 0. The maximum absolute atomic E-state index is 10.8. The number of aryl methyl sites for hydroxylation is 2. The molecule has 0 aliphatic heterocycles. The molecule has 16 heavy (non-hydrogen) atoms. The molecule has 0 fully saturated rings. The van der Waals surface area contributed by atoms with Crippen LogP contribution in [0.2, 0.25) is 0 Å². The zero-order valence-electron chi connectivity index (χ0n) is 8.72. The van der Waals surface area contributed by atoms with Gasteiger partial charge in [0.05, 0.1) is 5.69 Å². The van der Waals surface area contributed by atoms with Gasteiger partial charge in [-0.25, -0.2) is 4.98 Å². The lowest BCUT2D eigenvalue weighted by Gasteiger charge is -1.97. The van der Waals surface area contributed by atoms with Gasteiger partial charge in [-0.3, -0.25) is 4.79 Å². The lowest BCUT2D eigenvalue weighted by atomic mass is 10.1. The average molecular weight is 216 g/mol. The number of nitrogens with two attached hydrogens (primary N) is 1. The molecular weight excluding hydrogens is 204 g/mol. The molecule has 1 heterocycles. The standard InChI is InChI=1S/C12H12N2O2/c13-11(15)12-14-10(8-16-12)7-6-9-4-2-1-3-5-9/h1-5,8H,6-7H2,(H2,13,15). The van der Waals surface area contributed by atoms with Crippen LogP contribution in [-0.2, 0) is 12.8 Å². The van der Waals surface area contributed by atoms with Gasteiger partial charge >= 0.3 is 5.91 Å². The predicted octanol–water partition coefficient (Wildman–Crippen LogP) is 1.56. The number of benzene rings is 1. The van der Waals surface area contributed by atoms with Crippen LogP contribution in [-0.4, -0.2) is 10.9 Å². The lowest BCUT2D eigenvalue weighted by Crippen LogP contribution is -2.11. The summed E-state index contributed by atoms with van der Waals surface area (Å²) in [5.74, 6) is -0.658. The van der Waals surface area contributed by atoms with Gasteiger partial charge < -0.3 is 10.2 Å². The highest BCUT2D eigenvalue weighted by Gasteiger charge is 2.08. The fourth-order valence-electron chi connectivity index (χ4n) is 1.45. The van der Waals surface area contributed by atoms with Crippen molar-refractivity contribution < 1.29 is 9.21 Å². The number of carbonyl (C=O) groups excluding carboxylic acids is 1. The Morgan fingerprint density at radius 1 is 1.25 bits per heavy atom. The highest BCUT2D eigenvalue weighted by molar-refractivity contribution is 5.87. The molecule has 0 spiro atoms. The van der Waals surface area contributed by atoms with Gasteiger partial charge in [0.1, 0.15) is 6.26 Å². The summed E-state index contributed by atoms with van der Waals surface area (Å²) in [5.41, 5.74) is 7.01. The molecule has 0 atom stereocenters. The first-order chi connectivity index (χ1) is 7.75. The molecule has 0 radical (unpaired) electrons. The fraction of sp³-hybridized carbons (Fsp3) is 0.167. The number of rotatable bonds is 4. The van der Waals surface area contributed by atoms with Gasteiger partial charge in [-0.2, -0.15) is 0 Å². The summed E-state index contributed by atoms with van der Waals surface area (Å²) in [5, 5.41) is 0. The Morgan fingerprint density at radius 2 is 2.00 bits per heavy atom. The van der Waals surface area contributed by atoms with Crippen molar-refractivity contribution in [3.05, 3.63) is 53.7 Å². The van der Waals surface area contributed by atoms with Crippen molar-refractivity contribution >= 4 is 5.91 Å². The van der Waals surface area contributed by atoms with Crippen LogP contribution in [0.15, 0.2) is 41.0 Å². The number of oxazole rings is 1. The van der Waals surface area contributed by atoms with Crippen molar-refractivity contribution in [2.24, 2.45) is 5.73 Å². The Bertz CT molecular complexity index is 477. The third kappa shape index (κ3) is 2.48. The summed E-state index contributed by atoms with van der Waals surface area (Å²) >= 11 is 0. The average Bonchev–Trinajstić information content (AvgIpc) is 2.76. The van der Waals surface area contributed by atoms with Gasteiger partial charge in [-0.1, -0.05) is 30.3 Å². The third-order valence-corrected chi connectivity index (χ3v) is 2.28. The number of hydrogen-bond donors (Lipinski definition) is 1. The van der Waals surface area contributed by atoms with Crippen molar-refractivity contribution in [3.63, 3.8) is 0 Å². The van der Waals surface area contributed by atoms with Crippen molar-refractivity contribution in [1.29, 1.82) is 0 Å². The van der Waals surface area contributed by atoms with Gasteiger partial charge in [-0.15, -0.1) is 0 Å². The highest BCUT2D eigenvalue weighted by atomic mass is 16.3. The van der Waals surface area contributed by atoms with Crippen molar-refractivity contribution in [1.82, 2.24) is 4.98 Å². The van der Waals surface area contributed by atoms with Crippen LogP contribution in [0.4, 0.5) is 0 Å². The molecule has 2 N–H and O–H groups in total. The number of carbonyl (C=O) groups is 1. The predicted molar refractivity (Wildman–Crippen MR) is 58.9 cm³/mol. The van der Waals surface area contributed by atoms with E-state index >= 15 is 0 Å². The van der Waals surface area contributed by atoms with Gasteiger partial charge in [0.25, 0.3) is 5.89 Å². The Kier molecular flexibility index (Phi) is 3.00. The van der Waals surface area contributed by atoms with Crippen LogP contribution in [0.5, 0.6) is 0 Å². The normalized spacial score (nSPS) is 10.2. The first-order valence-electron chi connectivity index (χ1n) is 5.04. The molecule has 4 heteroatoms. The minimum atomic E-state index is -0.633. The third-order valence-electron chi connectivity index (χ3n) is 2.28. The molecule has 0 aliphatic rings. The molecule has 0 bridgehead atoms. The lowest BCUT2D eigenvalue weighted by molar-refractivity contribution is 0.0967. The van der Waals surface area contributed by atoms with E-state index in [1.165, 1.54) is 11.8 Å². The smallest absolute Gasteiger partial charge is 0.304 e. The van der Waals surface area contributed by atoms with Gasteiger partial charge in [0.15, 0.2) is 0 Å². The number of amides is 1. The molecular formula is C12H12N2O2. The second-order valence-electron chi connectivity index (χ2n) is 3.49. The maximum atomic E-state index is 10.8. The van der Waals surface area contributed by atoms with Gasteiger partial charge in [-0.05, 0) is 18.4 Å². The van der Waals surface area contributed by atoms with Gasteiger partial charge in [0, 0.05) is 0 Å². The molecule has 0 unspecified atom stereocenters. The number of aromatic nitrogens is 1. The summed E-state index contributed by atoms with van der Waals surface area (Å²) in [6.45, 7) is 0. The largest absolute Gasteiger partial charge is 0.441 e. The van der Waals surface area contributed by atoms with Crippen LogP contribution in [0.25, 0.3) is 0 Å². The SMILES string of the molecule is NC(=O)c1nc(CCc2ccccc2)co1. The zero-order valence-corrected chi connectivity index (χ0v) is 8.72. The van der Waals surface area contributed by atoms with Crippen LogP contribution in [0, 0.1) is 0 Å². The van der Waals surface area contributed by atoms with E-state index in [9.17, 15) is 4.79 Å². The van der Waals surface area contributed by atoms with E-state index in [-0.39, 0.29) is 5.89 Å². The summed E-state index contributed by atoms with van der Waals surface area (Å²) in [4.78, 5) is 14.7. The number of hydrogen-bond acceptors (Lipinski definition) is 3. The topological polar surface area (TPSA) is 69.1 Å². The second kappa shape index (κ2) is 4.61. The zero-order chi connectivity index (χ0) is 11.4. The Balaban J connectivity index is 1.97. The van der Waals surface area contributed by atoms with E-state index in [1.807, 2.05) is 18.2 Å². The monoisotopic (exact) mass is 216 g/mol. The van der Waals surface area contributed by atoms with Crippen molar-refractivity contribution in [3.8, 4) is 0 Å². The van der Waals surface area contributed by atoms with Crippen LogP contribution < -0.4 is 5.73 Å². The molecule has 2 aromatic rings. The minimum absolute atomic E-state index is 0.0249. The molecule has 0 saturated carbocycles. The van der Waals surface area contributed by atoms with Crippen LogP contribution in [0.3, 0.4) is 0 Å². The molecule has 1 aromatic carbocycles. The van der Waals surface area contributed by atoms with E-state index in [4.69, 9.17) is 10.2 Å². The van der Waals surface area contributed by atoms with Crippen LogP contribution in [0.1, 0.15) is 21.9 Å². The number of primary amides is 1. The first-order valence-corrected chi connectivity index (χ1v) is 5.04. The molecule has 0 aliphatic carbocycles. The maximum Gasteiger partial charge on any atom is 0.304 e. The van der Waals surface area contributed by atoms with E-state index in [0.717, 1.165) is 18.5 Å². The van der Waals surface area contributed by atoms with E-state index in [2.05, 4.69) is 17.1 Å². The van der Waals surface area contributed by atoms with E-state index in [0.29, 0.717) is 0 Å². The van der Waals surface area contributed by atoms with E-state index < -0.39 is 5.91 Å². The van der Waals surface area contributed by atoms with E-state index in [1.54, 1.807) is 0 Å². The molecule has 0 saturated heterocycles. The number of nitrogens with zero attached hydrogens (tertiary/aromatic N) is 1. The Labute approximate surface area is 93.1 Å². The molecule has 4 nitrogen and oxygen atoms in total. The summed E-state index contributed by atoms with van der Waals surface area (Å²) in [6, 6.07) is 10.1. The molecule has 2 rings (SSSR count). The summed E-state index contributed by atoms with van der Waals surface area (Å²) < 4.78 is 4.93. The molecule has 1 aromatic heterocycles. The second-order valence-corrected chi connectivity index (χ2v) is 3.49. The van der Waals surface area contributed by atoms with Crippen molar-refractivity contribution in [2.75, 3.05) is 0 Å². The van der Waals surface area contributed by atoms with Crippen LogP contribution >= 0.6 is 0 Å². The Hall–Kier alpha value is -2.10. The first kappa shape index (κ1) is 10.4.